The SMILES string of the molecule is COc1cc(C(=O)/C=C/c2ccccc2)ccc1OCc1cn(CCCNc2ccnc3cc(Cl)ccc23)nn1. The molecule has 0 radical (unpaired) electrons. The van der Waals surface area contributed by atoms with E-state index >= 15 is 0 Å². The molecular formula is C31H28ClN5O3. The Hall–Kier alpha value is -4.69. The number of allylic oxidation sites excluding steroid dienone is 1. The topological polar surface area (TPSA) is 91.2 Å². The first-order valence-corrected chi connectivity index (χ1v) is 13.2. The monoisotopic (exact) mass is 553 g/mol. The van der Waals surface area contributed by atoms with Crippen molar-refractivity contribution in [2.45, 2.75) is 19.6 Å². The summed E-state index contributed by atoms with van der Waals surface area (Å²) in [5.41, 5.74) is 4.04. The van der Waals surface area contributed by atoms with Crippen molar-refractivity contribution in [1.82, 2.24) is 20.0 Å². The molecule has 202 valence electrons. The first kappa shape index (κ1) is 26.9. The molecule has 0 unspecified atom stereocenters. The Morgan fingerprint density at radius 3 is 2.77 bits per heavy atom. The highest BCUT2D eigenvalue weighted by atomic mass is 35.5. The standard InChI is InChI=1S/C31H28ClN5O3/c1-39-31-18-23(29(38)12-8-22-6-3-2-4-7-22)9-13-30(31)40-21-25-20-37(36-35-25)17-5-15-33-27-14-16-34-28-19-24(32)10-11-26(27)28/h2-4,6-14,16,18-20H,5,15,17,21H2,1H3,(H,33,34)/b12-8+. The average molecular weight is 554 g/mol. The molecule has 9 heteroatoms. The van der Waals surface area contributed by atoms with Gasteiger partial charge in [0.1, 0.15) is 12.3 Å². The van der Waals surface area contributed by atoms with Crippen LogP contribution in [-0.2, 0) is 13.2 Å². The summed E-state index contributed by atoms with van der Waals surface area (Å²) in [6.07, 6.45) is 7.82. The van der Waals surface area contributed by atoms with Gasteiger partial charge in [0, 0.05) is 40.9 Å². The lowest BCUT2D eigenvalue weighted by Gasteiger charge is -2.10. The second kappa shape index (κ2) is 12.9. The number of rotatable bonds is 12. The quantitative estimate of drug-likeness (QED) is 0.108. The molecule has 0 aliphatic rings. The number of carbonyl (C=O) groups is 1. The van der Waals surface area contributed by atoms with Crippen molar-refractivity contribution in [3.05, 3.63) is 113 Å². The van der Waals surface area contributed by atoms with Crippen molar-refractivity contribution < 1.29 is 14.3 Å². The molecule has 0 saturated carbocycles. The van der Waals surface area contributed by atoms with Crippen LogP contribution in [0.4, 0.5) is 5.69 Å². The predicted octanol–water partition coefficient (Wildman–Crippen LogP) is 6.47. The second-order valence-corrected chi connectivity index (χ2v) is 9.47. The number of halogens is 1. The van der Waals surface area contributed by atoms with E-state index < -0.39 is 0 Å². The Morgan fingerprint density at radius 1 is 1.05 bits per heavy atom. The third kappa shape index (κ3) is 6.84. The number of pyridine rings is 1. The van der Waals surface area contributed by atoms with Gasteiger partial charge in [-0.3, -0.25) is 14.5 Å². The van der Waals surface area contributed by atoms with Crippen molar-refractivity contribution in [2.24, 2.45) is 0 Å². The maximum Gasteiger partial charge on any atom is 0.185 e. The van der Waals surface area contributed by atoms with E-state index in [-0.39, 0.29) is 12.4 Å². The van der Waals surface area contributed by atoms with Crippen molar-refractivity contribution in [3.8, 4) is 11.5 Å². The molecule has 0 fully saturated rings. The number of benzene rings is 3. The molecule has 0 spiro atoms. The summed E-state index contributed by atoms with van der Waals surface area (Å²) in [5.74, 6) is 0.881. The predicted molar refractivity (Wildman–Crippen MR) is 157 cm³/mol. The van der Waals surface area contributed by atoms with Crippen LogP contribution in [0.5, 0.6) is 11.5 Å². The molecule has 1 N–H and O–H groups in total. The van der Waals surface area contributed by atoms with E-state index in [1.165, 1.54) is 0 Å². The first-order valence-electron chi connectivity index (χ1n) is 12.8. The fourth-order valence-electron chi connectivity index (χ4n) is 4.18. The highest BCUT2D eigenvalue weighted by Gasteiger charge is 2.11. The zero-order valence-corrected chi connectivity index (χ0v) is 22.7. The number of hydrogen-bond acceptors (Lipinski definition) is 7. The molecule has 3 aromatic carbocycles. The van der Waals surface area contributed by atoms with Gasteiger partial charge in [-0.25, -0.2) is 0 Å². The molecule has 0 bridgehead atoms. The van der Waals surface area contributed by atoms with Gasteiger partial charge in [0.25, 0.3) is 0 Å². The molecule has 8 nitrogen and oxygen atoms in total. The number of carbonyl (C=O) groups excluding carboxylic acids is 1. The second-order valence-electron chi connectivity index (χ2n) is 9.04. The third-order valence-corrected chi connectivity index (χ3v) is 6.46. The molecule has 2 aromatic heterocycles. The molecule has 5 rings (SSSR count). The van der Waals surface area contributed by atoms with E-state index in [0.29, 0.717) is 34.3 Å². The Balaban J connectivity index is 1.12. The fourth-order valence-corrected chi connectivity index (χ4v) is 4.34. The molecule has 0 atom stereocenters. The van der Waals surface area contributed by atoms with E-state index in [1.54, 1.807) is 48.3 Å². The number of nitrogens with one attached hydrogen (secondary N) is 1. The summed E-state index contributed by atoms with van der Waals surface area (Å²) >= 11 is 6.08. The number of hydrogen-bond donors (Lipinski definition) is 1. The minimum atomic E-state index is -0.118. The van der Waals surface area contributed by atoms with Crippen molar-refractivity contribution >= 4 is 40.1 Å². The average Bonchev–Trinajstić information content (AvgIpc) is 3.45. The number of ether oxygens (including phenoxy) is 2. The fraction of sp³-hybridized carbons (Fsp3) is 0.161. The molecule has 2 heterocycles. The summed E-state index contributed by atoms with van der Waals surface area (Å²) in [5, 5.41) is 13.6. The van der Waals surface area contributed by atoms with Gasteiger partial charge in [0.15, 0.2) is 17.3 Å². The Kier molecular flexibility index (Phi) is 8.68. The smallest absolute Gasteiger partial charge is 0.185 e. The van der Waals surface area contributed by atoms with E-state index in [9.17, 15) is 4.79 Å². The number of ketones is 1. The van der Waals surface area contributed by atoms with Gasteiger partial charge in [-0.05, 0) is 60.5 Å². The van der Waals surface area contributed by atoms with Gasteiger partial charge < -0.3 is 14.8 Å². The number of aryl methyl sites for hydroxylation is 1. The van der Waals surface area contributed by atoms with Gasteiger partial charge >= 0.3 is 0 Å². The van der Waals surface area contributed by atoms with Gasteiger partial charge in [-0.2, -0.15) is 0 Å². The Labute approximate surface area is 237 Å². The summed E-state index contributed by atoms with van der Waals surface area (Å²) in [6.45, 7) is 1.68. The molecular weight excluding hydrogens is 526 g/mol. The first-order chi connectivity index (χ1) is 19.6. The van der Waals surface area contributed by atoms with Crippen LogP contribution in [0.15, 0.2) is 91.3 Å². The van der Waals surface area contributed by atoms with Crippen LogP contribution in [0.3, 0.4) is 0 Å². The lowest BCUT2D eigenvalue weighted by atomic mass is 10.1. The van der Waals surface area contributed by atoms with Gasteiger partial charge in [-0.1, -0.05) is 53.2 Å². The van der Waals surface area contributed by atoms with Gasteiger partial charge in [0.05, 0.1) is 18.8 Å². The number of anilines is 1. The third-order valence-electron chi connectivity index (χ3n) is 6.22. The van der Waals surface area contributed by atoms with E-state index in [2.05, 4.69) is 20.6 Å². The molecule has 0 amide bonds. The largest absolute Gasteiger partial charge is 0.493 e. The molecule has 40 heavy (non-hydrogen) atoms. The van der Waals surface area contributed by atoms with Crippen LogP contribution in [0.25, 0.3) is 17.0 Å². The molecule has 0 aliphatic heterocycles. The van der Waals surface area contributed by atoms with Crippen LogP contribution in [0, 0.1) is 0 Å². The lowest BCUT2D eigenvalue weighted by molar-refractivity contribution is 0.104. The van der Waals surface area contributed by atoms with Crippen LogP contribution < -0.4 is 14.8 Å². The number of aromatic nitrogens is 4. The number of methoxy groups -OCH3 is 1. The van der Waals surface area contributed by atoms with Gasteiger partial charge in [0.2, 0.25) is 0 Å². The lowest BCUT2D eigenvalue weighted by Crippen LogP contribution is -2.07. The van der Waals surface area contributed by atoms with Crippen molar-refractivity contribution in [1.29, 1.82) is 0 Å². The molecule has 0 aliphatic carbocycles. The Morgan fingerprint density at radius 2 is 1.93 bits per heavy atom. The van der Waals surface area contributed by atoms with Crippen molar-refractivity contribution in [2.75, 3.05) is 19.0 Å². The van der Waals surface area contributed by atoms with E-state index in [4.69, 9.17) is 21.1 Å². The number of fused-ring (bicyclic) bond motifs is 1. The minimum absolute atomic E-state index is 0.118. The Bertz CT molecular complexity index is 1640. The van der Waals surface area contributed by atoms with Crippen LogP contribution in [0.2, 0.25) is 5.02 Å². The maximum absolute atomic E-state index is 12.6. The van der Waals surface area contributed by atoms with Crippen molar-refractivity contribution in [3.63, 3.8) is 0 Å². The summed E-state index contributed by atoms with van der Waals surface area (Å²) in [7, 11) is 1.55. The zero-order valence-electron chi connectivity index (χ0n) is 22.0. The highest BCUT2D eigenvalue weighted by Crippen LogP contribution is 2.29. The zero-order chi connectivity index (χ0) is 27.7. The van der Waals surface area contributed by atoms with E-state index in [0.717, 1.165) is 35.1 Å². The summed E-state index contributed by atoms with van der Waals surface area (Å²) in [6, 6.07) is 22.5. The van der Waals surface area contributed by atoms with Gasteiger partial charge in [-0.15, -0.1) is 5.10 Å². The van der Waals surface area contributed by atoms with Crippen LogP contribution in [0.1, 0.15) is 28.0 Å². The van der Waals surface area contributed by atoms with Crippen LogP contribution >= 0.6 is 11.6 Å². The number of nitrogens with zero attached hydrogens (tertiary/aromatic N) is 4. The maximum atomic E-state index is 12.6. The van der Waals surface area contributed by atoms with E-state index in [1.807, 2.05) is 60.8 Å². The van der Waals surface area contributed by atoms with Crippen LogP contribution in [-0.4, -0.2) is 39.4 Å². The summed E-state index contributed by atoms with van der Waals surface area (Å²) < 4.78 is 13.2. The summed E-state index contributed by atoms with van der Waals surface area (Å²) in [4.78, 5) is 17.0. The normalized spacial score (nSPS) is 11.2. The highest BCUT2D eigenvalue weighted by molar-refractivity contribution is 6.31. The molecule has 0 saturated heterocycles. The minimum Gasteiger partial charge on any atom is -0.493 e. The molecule has 5 aromatic rings.